The normalized spacial score (nSPS) is 18.3. The number of sulfonamides is 1. The highest BCUT2D eigenvalue weighted by atomic mass is 32.2. The monoisotopic (exact) mass is 604 g/mol. The Morgan fingerprint density at radius 3 is 2.23 bits per heavy atom. The van der Waals surface area contributed by atoms with Crippen LogP contribution in [0.15, 0.2) is 59.8 Å². The van der Waals surface area contributed by atoms with Gasteiger partial charge < -0.3 is 19.3 Å². The van der Waals surface area contributed by atoms with E-state index in [-0.39, 0.29) is 30.4 Å². The number of carbonyl (C=O) groups is 1. The van der Waals surface area contributed by atoms with Crippen LogP contribution in [0.4, 0.5) is 11.4 Å². The molecule has 2 aromatic carbocycles. The second kappa shape index (κ2) is 11.7. The molecule has 0 N–H and O–H groups in total. The van der Waals surface area contributed by atoms with Gasteiger partial charge in [-0.3, -0.25) is 14.1 Å². The van der Waals surface area contributed by atoms with Crippen molar-refractivity contribution in [2.45, 2.75) is 50.8 Å². The first-order valence-electron chi connectivity index (χ1n) is 15.1. The van der Waals surface area contributed by atoms with Gasteiger partial charge in [0.15, 0.2) is 0 Å². The number of methoxy groups -OCH3 is 1. The first-order valence-corrected chi connectivity index (χ1v) is 16.5. The topological polar surface area (TPSA) is 92.3 Å². The number of nitrogens with zero attached hydrogens (tertiary/aromatic N) is 4. The number of pyridine rings is 1. The lowest BCUT2D eigenvalue weighted by Crippen LogP contribution is -2.48. The highest BCUT2D eigenvalue weighted by molar-refractivity contribution is 7.93. The zero-order chi connectivity index (χ0) is 30.2. The minimum absolute atomic E-state index is 0.0806. The molecular formula is C33H40N4O5S. The molecule has 3 aliphatic rings. The summed E-state index contributed by atoms with van der Waals surface area (Å²) in [5.41, 5.74) is 4.04. The average molecular weight is 605 g/mol. The first-order chi connectivity index (χ1) is 20.7. The van der Waals surface area contributed by atoms with E-state index in [0.29, 0.717) is 33.7 Å². The number of benzene rings is 2. The van der Waals surface area contributed by atoms with Gasteiger partial charge >= 0.3 is 0 Å². The first kappa shape index (κ1) is 29.3. The summed E-state index contributed by atoms with van der Waals surface area (Å²) in [5.74, 6) is 1.21. The van der Waals surface area contributed by atoms with Crippen LogP contribution in [-0.2, 0) is 21.2 Å². The molecule has 4 heterocycles. The molecule has 0 atom stereocenters. The summed E-state index contributed by atoms with van der Waals surface area (Å²) in [7, 11) is -2.30. The van der Waals surface area contributed by atoms with Crippen molar-refractivity contribution in [2.24, 2.45) is 5.41 Å². The van der Waals surface area contributed by atoms with Gasteiger partial charge in [0.25, 0.3) is 10.0 Å². The van der Waals surface area contributed by atoms with E-state index in [2.05, 4.69) is 22.0 Å². The van der Waals surface area contributed by atoms with Gasteiger partial charge in [-0.15, -0.1) is 0 Å². The van der Waals surface area contributed by atoms with E-state index in [1.807, 2.05) is 23.4 Å². The van der Waals surface area contributed by atoms with Crippen LogP contribution in [0.5, 0.6) is 11.5 Å². The Morgan fingerprint density at radius 1 is 0.930 bits per heavy atom. The summed E-state index contributed by atoms with van der Waals surface area (Å²) in [6.45, 7) is 7.61. The Balaban J connectivity index is 1.12. The van der Waals surface area contributed by atoms with Crippen molar-refractivity contribution in [3.05, 3.63) is 71.5 Å². The van der Waals surface area contributed by atoms with E-state index in [4.69, 9.17) is 9.47 Å². The molecule has 228 valence electrons. The molecule has 2 saturated heterocycles. The maximum absolute atomic E-state index is 14.0. The van der Waals surface area contributed by atoms with E-state index in [0.717, 1.165) is 57.4 Å². The molecule has 0 saturated carbocycles. The Morgan fingerprint density at radius 2 is 1.58 bits per heavy atom. The number of rotatable bonds is 6. The number of hydrogen-bond donors (Lipinski definition) is 0. The fraction of sp³-hybridized carbons (Fsp3) is 0.455. The molecular weight excluding hydrogens is 564 g/mol. The van der Waals surface area contributed by atoms with Crippen molar-refractivity contribution in [3.63, 3.8) is 0 Å². The molecule has 0 unspecified atom stereocenters. The standard InChI is InChI=1S/C33H40N4O5S/c1-24-20-28(41-3)21-25(2)32(24)43(39,40)37-18-19-42-30-5-4-26(22-29(30)37)23-31(38)36-16-10-33(11-17-36)8-14-35(15-9-33)27-6-12-34-13-7-27/h4-7,12-13,20-22H,8-11,14-19,23H2,1-3H3. The number of aromatic nitrogens is 1. The number of anilines is 2. The van der Waals surface area contributed by atoms with E-state index < -0.39 is 10.0 Å². The van der Waals surface area contributed by atoms with Crippen LogP contribution in [0.1, 0.15) is 42.4 Å². The number of hydrogen-bond acceptors (Lipinski definition) is 7. The maximum atomic E-state index is 14.0. The molecule has 6 rings (SSSR count). The van der Waals surface area contributed by atoms with E-state index in [1.54, 1.807) is 45.2 Å². The summed E-state index contributed by atoms with van der Waals surface area (Å²) in [4.78, 5) is 22.3. The number of aryl methyl sites for hydroxylation is 2. The van der Waals surface area contributed by atoms with E-state index in [9.17, 15) is 13.2 Å². The highest BCUT2D eigenvalue weighted by Crippen LogP contribution is 2.43. The molecule has 2 fully saturated rings. The third-order valence-electron chi connectivity index (χ3n) is 9.45. The highest BCUT2D eigenvalue weighted by Gasteiger charge is 2.39. The van der Waals surface area contributed by atoms with Gasteiger partial charge in [-0.2, -0.15) is 0 Å². The zero-order valence-electron chi connectivity index (χ0n) is 25.2. The predicted octanol–water partition coefficient (Wildman–Crippen LogP) is 4.75. The molecule has 1 amide bonds. The van der Waals surface area contributed by atoms with Crippen LogP contribution in [0.3, 0.4) is 0 Å². The molecule has 1 aromatic heterocycles. The van der Waals surface area contributed by atoms with Gasteiger partial charge in [-0.05, 0) is 98.0 Å². The Bertz CT molecular complexity index is 1570. The SMILES string of the molecule is COc1cc(C)c(S(=O)(=O)N2CCOc3ccc(CC(=O)N4CCC5(CC4)CCN(c4ccncc4)CC5)cc32)c(C)c1. The summed E-state index contributed by atoms with van der Waals surface area (Å²) >= 11 is 0. The molecule has 0 radical (unpaired) electrons. The largest absolute Gasteiger partial charge is 0.497 e. The van der Waals surface area contributed by atoms with Crippen LogP contribution in [-0.4, -0.2) is 70.6 Å². The van der Waals surface area contributed by atoms with E-state index in [1.165, 1.54) is 9.99 Å². The van der Waals surface area contributed by atoms with Crippen molar-refractivity contribution in [2.75, 3.05) is 55.6 Å². The van der Waals surface area contributed by atoms with Gasteiger partial charge in [0.2, 0.25) is 5.91 Å². The van der Waals surface area contributed by atoms with Crippen LogP contribution >= 0.6 is 0 Å². The van der Waals surface area contributed by atoms with Gasteiger partial charge in [-0.25, -0.2) is 8.42 Å². The van der Waals surface area contributed by atoms with Gasteiger partial charge in [0.1, 0.15) is 18.1 Å². The fourth-order valence-corrected chi connectivity index (χ4v) is 8.82. The van der Waals surface area contributed by atoms with Crippen molar-refractivity contribution in [3.8, 4) is 11.5 Å². The fourth-order valence-electron chi connectivity index (χ4n) is 6.95. The number of carbonyl (C=O) groups excluding carboxylic acids is 1. The van der Waals surface area contributed by atoms with Crippen LogP contribution in [0.2, 0.25) is 0 Å². The second-order valence-electron chi connectivity index (χ2n) is 12.1. The lowest BCUT2D eigenvalue weighted by molar-refractivity contribution is -0.133. The minimum Gasteiger partial charge on any atom is -0.497 e. The Hall–Kier alpha value is -3.79. The molecule has 3 aromatic rings. The predicted molar refractivity (Wildman–Crippen MR) is 167 cm³/mol. The van der Waals surface area contributed by atoms with Crippen molar-refractivity contribution in [1.29, 1.82) is 0 Å². The molecule has 0 bridgehead atoms. The zero-order valence-corrected chi connectivity index (χ0v) is 26.0. The summed E-state index contributed by atoms with van der Waals surface area (Å²) in [6, 6.07) is 13.1. The third kappa shape index (κ3) is 5.77. The minimum atomic E-state index is -3.87. The number of amides is 1. The van der Waals surface area contributed by atoms with Crippen LogP contribution in [0, 0.1) is 19.3 Å². The van der Waals surface area contributed by atoms with Crippen LogP contribution < -0.4 is 18.7 Å². The van der Waals surface area contributed by atoms with Gasteiger partial charge in [0, 0.05) is 44.3 Å². The van der Waals surface area contributed by atoms with Gasteiger partial charge in [-0.1, -0.05) is 6.07 Å². The third-order valence-corrected chi connectivity index (χ3v) is 11.6. The Kier molecular flexibility index (Phi) is 7.98. The number of likely N-dealkylation sites (tertiary alicyclic amines) is 1. The Labute approximate surface area is 254 Å². The number of piperidine rings is 2. The van der Waals surface area contributed by atoms with Crippen molar-refractivity contribution < 1.29 is 22.7 Å². The molecule has 3 aliphatic heterocycles. The number of ether oxygens (including phenoxy) is 2. The quantitative estimate of drug-likeness (QED) is 0.401. The molecule has 0 aliphatic carbocycles. The summed E-state index contributed by atoms with van der Waals surface area (Å²) in [5, 5.41) is 0. The summed E-state index contributed by atoms with van der Waals surface area (Å²) < 4.78 is 40.5. The van der Waals surface area contributed by atoms with E-state index >= 15 is 0 Å². The lowest BCUT2D eigenvalue weighted by Gasteiger charge is -2.47. The average Bonchev–Trinajstić information content (AvgIpc) is 3.01. The summed E-state index contributed by atoms with van der Waals surface area (Å²) in [6.07, 6.45) is 8.24. The molecule has 10 heteroatoms. The lowest BCUT2D eigenvalue weighted by atomic mass is 9.71. The molecule has 43 heavy (non-hydrogen) atoms. The molecule has 9 nitrogen and oxygen atoms in total. The molecule has 1 spiro atoms. The smallest absolute Gasteiger partial charge is 0.265 e. The van der Waals surface area contributed by atoms with Crippen molar-refractivity contribution in [1.82, 2.24) is 9.88 Å². The van der Waals surface area contributed by atoms with Crippen molar-refractivity contribution >= 4 is 27.3 Å². The van der Waals surface area contributed by atoms with Gasteiger partial charge in [0.05, 0.1) is 30.7 Å². The van der Waals surface area contributed by atoms with Crippen LogP contribution in [0.25, 0.3) is 0 Å². The second-order valence-corrected chi connectivity index (χ2v) is 13.9. The number of fused-ring (bicyclic) bond motifs is 1. The maximum Gasteiger partial charge on any atom is 0.265 e.